The van der Waals surface area contributed by atoms with Gasteiger partial charge >= 0.3 is 5.97 Å². The number of methoxy groups -OCH3 is 1. The summed E-state index contributed by atoms with van der Waals surface area (Å²) in [5, 5.41) is 0.557. The second-order valence-electron chi connectivity index (χ2n) is 5.14. The Bertz CT molecular complexity index is 1030. The van der Waals surface area contributed by atoms with Crippen LogP contribution in [0.1, 0.15) is 10.4 Å². The van der Waals surface area contributed by atoms with Crippen LogP contribution >= 0.6 is 15.9 Å². The van der Waals surface area contributed by atoms with Gasteiger partial charge < -0.3 is 16.2 Å². The van der Waals surface area contributed by atoms with Crippen molar-refractivity contribution in [3.63, 3.8) is 0 Å². The van der Waals surface area contributed by atoms with Gasteiger partial charge in [-0.2, -0.15) is 0 Å². The first kappa shape index (κ1) is 16.1. The first-order valence-electron chi connectivity index (χ1n) is 7.02. The van der Waals surface area contributed by atoms with Crippen molar-refractivity contribution in [2.24, 2.45) is 0 Å². The van der Waals surface area contributed by atoms with Gasteiger partial charge in [0.2, 0.25) is 0 Å². The molecule has 0 radical (unpaired) electrons. The van der Waals surface area contributed by atoms with Crippen molar-refractivity contribution in [1.82, 2.24) is 4.57 Å². The maximum Gasteiger partial charge on any atom is 0.345 e. The Kier molecular flexibility index (Phi) is 4.02. The molecule has 0 aliphatic rings. The minimum absolute atomic E-state index is 0.0834. The molecule has 122 valence electrons. The highest BCUT2D eigenvalue weighted by Crippen LogP contribution is 2.29. The average Bonchev–Trinajstić information content (AvgIpc) is 2.56. The van der Waals surface area contributed by atoms with Crippen molar-refractivity contribution in [3.8, 4) is 5.69 Å². The number of anilines is 2. The van der Waals surface area contributed by atoms with Crippen molar-refractivity contribution in [3.05, 3.63) is 62.9 Å². The van der Waals surface area contributed by atoms with E-state index in [0.717, 1.165) is 4.47 Å². The second kappa shape index (κ2) is 6.01. The third-order valence-electron chi connectivity index (χ3n) is 3.74. The summed E-state index contributed by atoms with van der Waals surface area (Å²) in [5.41, 5.74) is 12.8. The van der Waals surface area contributed by atoms with Crippen LogP contribution in [-0.2, 0) is 4.74 Å². The lowest BCUT2D eigenvalue weighted by Crippen LogP contribution is -2.28. The molecule has 2 aromatic carbocycles. The number of fused-ring (bicyclic) bond motifs is 1. The summed E-state index contributed by atoms with van der Waals surface area (Å²) in [6, 6.07) is 12.2. The highest BCUT2D eigenvalue weighted by atomic mass is 79.9. The Balaban J connectivity index is 2.56. The number of benzene rings is 2. The number of carbonyl (C=O) groups is 1. The van der Waals surface area contributed by atoms with Gasteiger partial charge in [0.1, 0.15) is 5.56 Å². The molecule has 0 aliphatic heterocycles. The summed E-state index contributed by atoms with van der Waals surface area (Å²) in [6.45, 7) is 0. The number of nitrogen functional groups attached to an aromatic ring is 2. The van der Waals surface area contributed by atoms with Gasteiger partial charge in [0.15, 0.2) is 0 Å². The lowest BCUT2D eigenvalue weighted by atomic mass is 10.1. The molecular formula is C17H14BrN3O3. The number of para-hydroxylation sites is 2. The van der Waals surface area contributed by atoms with Crippen LogP contribution in [0.15, 0.2) is 51.7 Å². The minimum atomic E-state index is -0.787. The molecule has 1 aromatic heterocycles. The number of halogens is 1. The number of ether oxygens (including phenoxy) is 1. The summed E-state index contributed by atoms with van der Waals surface area (Å²) in [7, 11) is 1.20. The molecule has 3 aromatic rings. The molecule has 0 saturated heterocycles. The van der Waals surface area contributed by atoms with Crippen molar-refractivity contribution in [1.29, 1.82) is 0 Å². The number of rotatable bonds is 2. The predicted octanol–water partition coefficient (Wildman–Crippen LogP) is 2.70. The zero-order chi connectivity index (χ0) is 17.4. The van der Waals surface area contributed by atoms with E-state index in [1.807, 2.05) is 0 Å². The van der Waals surface area contributed by atoms with E-state index >= 15 is 0 Å². The van der Waals surface area contributed by atoms with Crippen LogP contribution < -0.4 is 17.0 Å². The van der Waals surface area contributed by atoms with Gasteiger partial charge in [-0.15, -0.1) is 0 Å². The Morgan fingerprint density at radius 1 is 1.17 bits per heavy atom. The van der Waals surface area contributed by atoms with E-state index in [0.29, 0.717) is 22.3 Å². The van der Waals surface area contributed by atoms with Gasteiger partial charge in [0, 0.05) is 9.86 Å². The van der Waals surface area contributed by atoms with E-state index in [1.54, 1.807) is 42.5 Å². The lowest BCUT2D eigenvalue weighted by Gasteiger charge is -2.16. The zero-order valence-electron chi connectivity index (χ0n) is 12.7. The van der Waals surface area contributed by atoms with Crippen LogP contribution in [0.25, 0.3) is 16.6 Å². The molecule has 0 bridgehead atoms. The molecule has 24 heavy (non-hydrogen) atoms. The molecule has 0 amide bonds. The summed E-state index contributed by atoms with van der Waals surface area (Å²) in [4.78, 5) is 25.1. The number of carbonyl (C=O) groups excluding carboxylic acids is 1. The van der Waals surface area contributed by atoms with Crippen LogP contribution in [-0.4, -0.2) is 17.6 Å². The Morgan fingerprint density at radius 2 is 1.88 bits per heavy atom. The fourth-order valence-electron chi connectivity index (χ4n) is 2.62. The molecule has 7 heteroatoms. The predicted molar refractivity (Wildman–Crippen MR) is 97.4 cm³/mol. The lowest BCUT2D eigenvalue weighted by molar-refractivity contribution is 0.0600. The first-order valence-corrected chi connectivity index (χ1v) is 7.82. The Labute approximate surface area is 145 Å². The van der Waals surface area contributed by atoms with Crippen LogP contribution in [0.4, 0.5) is 11.4 Å². The van der Waals surface area contributed by atoms with Crippen LogP contribution in [0.3, 0.4) is 0 Å². The molecular weight excluding hydrogens is 374 g/mol. The van der Waals surface area contributed by atoms with Crippen molar-refractivity contribution < 1.29 is 9.53 Å². The number of pyridine rings is 1. The van der Waals surface area contributed by atoms with Gasteiger partial charge in [-0.25, -0.2) is 4.79 Å². The van der Waals surface area contributed by atoms with Gasteiger partial charge in [-0.3, -0.25) is 9.36 Å². The molecule has 1 heterocycles. The van der Waals surface area contributed by atoms with E-state index in [1.165, 1.54) is 11.7 Å². The minimum Gasteiger partial charge on any atom is -0.465 e. The number of aromatic nitrogens is 1. The number of nitrogens with two attached hydrogens (primary N) is 2. The standard InChI is InChI=1S/C17H14BrN3O3/c1-24-17(23)14-15(20)10-7-6-9(18)8-13(10)21(16(14)22)12-5-3-2-4-11(12)19/h2-8H,19-20H2,1H3. The summed E-state index contributed by atoms with van der Waals surface area (Å²) in [5.74, 6) is -0.787. The fourth-order valence-corrected chi connectivity index (χ4v) is 2.97. The fraction of sp³-hybridized carbons (Fsp3) is 0.0588. The van der Waals surface area contributed by atoms with E-state index in [9.17, 15) is 9.59 Å². The number of hydrogen-bond donors (Lipinski definition) is 2. The highest BCUT2D eigenvalue weighted by molar-refractivity contribution is 9.10. The molecule has 0 aliphatic carbocycles. The smallest absolute Gasteiger partial charge is 0.345 e. The van der Waals surface area contributed by atoms with Gasteiger partial charge in [-0.05, 0) is 30.3 Å². The Morgan fingerprint density at radius 3 is 2.54 bits per heavy atom. The average molecular weight is 388 g/mol. The molecule has 3 rings (SSSR count). The summed E-state index contributed by atoms with van der Waals surface area (Å²) >= 11 is 3.39. The topological polar surface area (TPSA) is 100 Å². The van der Waals surface area contributed by atoms with Gasteiger partial charge in [-0.1, -0.05) is 28.1 Å². The molecule has 0 fully saturated rings. The number of esters is 1. The largest absolute Gasteiger partial charge is 0.465 e. The molecule has 4 N–H and O–H groups in total. The second-order valence-corrected chi connectivity index (χ2v) is 6.06. The number of hydrogen-bond acceptors (Lipinski definition) is 5. The molecule has 0 unspecified atom stereocenters. The summed E-state index contributed by atoms with van der Waals surface area (Å²) < 4.78 is 6.86. The van der Waals surface area contributed by atoms with Crippen molar-refractivity contribution >= 4 is 44.2 Å². The Hall–Kier alpha value is -2.80. The normalized spacial score (nSPS) is 10.8. The maximum atomic E-state index is 13.0. The molecule has 0 spiro atoms. The van der Waals surface area contributed by atoms with Crippen molar-refractivity contribution in [2.75, 3.05) is 18.6 Å². The maximum absolute atomic E-state index is 13.0. The van der Waals surface area contributed by atoms with Crippen LogP contribution in [0.5, 0.6) is 0 Å². The molecule has 0 saturated carbocycles. The zero-order valence-corrected chi connectivity index (χ0v) is 14.3. The third kappa shape index (κ3) is 2.43. The van der Waals surface area contributed by atoms with Gasteiger partial charge in [0.05, 0.1) is 29.7 Å². The van der Waals surface area contributed by atoms with Crippen LogP contribution in [0.2, 0.25) is 0 Å². The van der Waals surface area contributed by atoms with E-state index in [-0.39, 0.29) is 11.3 Å². The molecule has 0 atom stereocenters. The molecule has 6 nitrogen and oxygen atoms in total. The first-order chi connectivity index (χ1) is 11.5. The number of nitrogens with zero attached hydrogens (tertiary/aromatic N) is 1. The van der Waals surface area contributed by atoms with Gasteiger partial charge in [0.25, 0.3) is 5.56 Å². The van der Waals surface area contributed by atoms with Crippen LogP contribution in [0, 0.1) is 0 Å². The third-order valence-corrected chi connectivity index (χ3v) is 4.24. The quantitative estimate of drug-likeness (QED) is 0.519. The SMILES string of the molecule is COC(=O)c1c(N)c2ccc(Br)cc2n(-c2ccccc2N)c1=O. The van der Waals surface area contributed by atoms with Crippen molar-refractivity contribution in [2.45, 2.75) is 0 Å². The van der Waals surface area contributed by atoms with E-state index in [2.05, 4.69) is 15.9 Å². The van der Waals surface area contributed by atoms with E-state index in [4.69, 9.17) is 16.2 Å². The highest BCUT2D eigenvalue weighted by Gasteiger charge is 2.22. The monoisotopic (exact) mass is 387 g/mol. The summed E-state index contributed by atoms with van der Waals surface area (Å²) in [6.07, 6.45) is 0. The van der Waals surface area contributed by atoms with E-state index < -0.39 is 11.5 Å².